The van der Waals surface area contributed by atoms with Gasteiger partial charge < -0.3 is 10.0 Å². The number of halogens is 1. The van der Waals surface area contributed by atoms with Crippen molar-refractivity contribution >= 4 is 21.8 Å². The summed E-state index contributed by atoms with van der Waals surface area (Å²) in [4.78, 5) is 15.4. The van der Waals surface area contributed by atoms with Gasteiger partial charge in [-0.3, -0.25) is 9.89 Å². The summed E-state index contributed by atoms with van der Waals surface area (Å²) in [5.74, 6) is 0.0654. The van der Waals surface area contributed by atoms with Crippen LogP contribution in [0.25, 0.3) is 11.3 Å². The Morgan fingerprint density at radius 2 is 1.84 bits per heavy atom. The van der Waals surface area contributed by atoms with Crippen LogP contribution in [0.2, 0.25) is 0 Å². The third-order valence-corrected chi connectivity index (χ3v) is 6.41. The van der Waals surface area contributed by atoms with Crippen molar-refractivity contribution < 1.29 is 9.90 Å². The van der Waals surface area contributed by atoms with E-state index in [1.54, 1.807) is 6.07 Å². The van der Waals surface area contributed by atoms with Crippen molar-refractivity contribution in [1.29, 1.82) is 0 Å². The average molecular weight is 488 g/mol. The molecular formula is C26H22BrN3O2. The van der Waals surface area contributed by atoms with Gasteiger partial charge in [0.15, 0.2) is 0 Å². The van der Waals surface area contributed by atoms with Crippen LogP contribution >= 0.6 is 15.9 Å². The van der Waals surface area contributed by atoms with E-state index < -0.39 is 0 Å². The number of fused-ring (bicyclic) bond motifs is 1. The zero-order chi connectivity index (χ0) is 22.4. The Hall–Kier alpha value is -3.38. The Balaban J connectivity index is 1.70. The molecule has 5 rings (SSSR count). The first-order chi connectivity index (χ1) is 15.4. The van der Waals surface area contributed by atoms with Gasteiger partial charge in [0.25, 0.3) is 5.91 Å². The monoisotopic (exact) mass is 487 g/mol. The van der Waals surface area contributed by atoms with Gasteiger partial charge in [-0.2, -0.15) is 5.10 Å². The molecule has 1 aliphatic heterocycles. The van der Waals surface area contributed by atoms with Crippen LogP contribution in [0.1, 0.15) is 44.3 Å². The topological polar surface area (TPSA) is 69.2 Å². The van der Waals surface area contributed by atoms with Crippen LogP contribution in [0.4, 0.5) is 0 Å². The van der Waals surface area contributed by atoms with E-state index in [0.29, 0.717) is 23.5 Å². The molecule has 160 valence electrons. The zero-order valence-corrected chi connectivity index (χ0v) is 19.3. The molecule has 0 saturated carbocycles. The minimum Gasteiger partial charge on any atom is -0.507 e. The van der Waals surface area contributed by atoms with Crippen LogP contribution in [-0.4, -0.2) is 26.1 Å². The van der Waals surface area contributed by atoms with E-state index in [9.17, 15) is 9.90 Å². The second kappa shape index (κ2) is 7.95. The summed E-state index contributed by atoms with van der Waals surface area (Å²) in [6, 6.07) is 21.4. The number of aryl methyl sites for hydroxylation is 2. The van der Waals surface area contributed by atoms with Crippen LogP contribution in [0.5, 0.6) is 5.75 Å². The number of aromatic nitrogens is 2. The molecule has 0 saturated heterocycles. The van der Waals surface area contributed by atoms with Crippen LogP contribution in [0.15, 0.2) is 71.2 Å². The number of benzene rings is 3. The highest BCUT2D eigenvalue weighted by Crippen LogP contribution is 2.46. The smallest absolute Gasteiger partial charge is 0.273 e. The summed E-state index contributed by atoms with van der Waals surface area (Å²) in [5, 5.41) is 18.3. The number of nitrogens with zero attached hydrogens (tertiary/aromatic N) is 2. The van der Waals surface area contributed by atoms with Crippen molar-refractivity contribution in [3.05, 3.63) is 105 Å². The predicted molar refractivity (Wildman–Crippen MR) is 127 cm³/mol. The van der Waals surface area contributed by atoms with E-state index in [-0.39, 0.29) is 17.7 Å². The fourth-order valence-corrected chi connectivity index (χ4v) is 5.02. The van der Waals surface area contributed by atoms with Gasteiger partial charge in [-0.05, 0) is 54.3 Å². The summed E-state index contributed by atoms with van der Waals surface area (Å²) in [6.45, 7) is 4.37. The van der Waals surface area contributed by atoms with E-state index in [1.807, 2.05) is 79.4 Å². The van der Waals surface area contributed by atoms with Crippen molar-refractivity contribution in [2.45, 2.75) is 26.4 Å². The van der Waals surface area contributed by atoms with E-state index in [0.717, 1.165) is 32.3 Å². The summed E-state index contributed by atoms with van der Waals surface area (Å²) in [6.07, 6.45) is 0. The van der Waals surface area contributed by atoms with Gasteiger partial charge in [0.1, 0.15) is 17.1 Å². The van der Waals surface area contributed by atoms with Gasteiger partial charge in [0, 0.05) is 22.1 Å². The molecule has 2 N–H and O–H groups in total. The number of carbonyl (C=O) groups is 1. The number of phenolic OH excluding ortho intramolecular Hbond substituents is 1. The number of nitrogens with one attached hydrogen (secondary N) is 1. The summed E-state index contributed by atoms with van der Waals surface area (Å²) in [7, 11) is 0. The molecule has 1 aromatic heterocycles. The fraction of sp³-hybridized carbons (Fsp3) is 0.154. The quantitative estimate of drug-likeness (QED) is 0.376. The Morgan fingerprint density at radius 1 is 1.06 bits per heavy atom. The lowest BCUT2D eigenvalue weighted by Gasteiger charge is -2.27. The molecule has 1 unspecified atom stereocenters. The minimum absolute atomic E-state index is 0.100. The highest BCUT2D eigenvalue weighted by molar-refractivity contribution is 9.10. The number of aromatic amines is 1. The molecule has 5 nitrogen and oxygen atoms in total. The number of amides is 1. The van der Waals surface area contributed by atoms with Crippen LogP contribution in [0.3, 0.4) is 0 Å². The average Bonchev–Trinajstić information content (AvgIpc) is 3.28. The number of carbonyl (C=O) groups excluding carboxylic acids is 1. The lowest BCUT2D eigenvalue weighted by molar-refractivity contribution is 0.0730. The molecule has 0 bridgehead atoms. The number of phenols is 1. The molecule has 1 aliphatic rings. The fourth-order valence-electron chi connectivity index (χ4n) is 4.61. The number of aromatic hydroxyl groups is 1. The molecule has 4 aromatic rings. The number of hydrogen-bond donors (Lipinski definition) is 2. The lowest BCUT2D eigenvalue weighted by atomic mass is 9.93. The first kappa shape index (κ1) is 20.5. The van der Waals surface area contributed by atoms with Crippen LogP contribution in [-0.2, 0) is 6.54 Å². The second-order valence-corrected chi connectivity index (χ2v) is 9.13. The predicted octanol–water partition coefficient (Wildman–Crippen LogP) is 5.91. The van der Waals surface area contributed by atoms with Gasteiger partial charge in [-0.15, -0.1) is 0 Å². The van der Waals surface area contributed by atoms with Crippen molar-refractivity contribution in [2.24, 2.45) is 0 Å². The summed E-state index contributed by atoms with van der Waals surface area (Å²) < 4.78 is 0.940. The Bertz CT molecular complexity index is 1310. The molecule has 6 heteroatoms. The van der Waals surface area contributed by atoms with E-state index in [4.69, 9.17) is 0 Å². The third-order valence-electron chi connectivity index (χ3n) is 5.92. The maximum absolute atomic E-state index is 13.5. The van der Waals surface area contributed by atoms with Crippen molar-refractivity contribution in [2.75, 3.05) is 0 Å². The Morgan fingerprint density at radius 3 is 2.56 bits per heavy atom. The minimum atomic E-state index is -0.330. The second-order valence-electron chi connectivity index (χ2n) is 8.21. The summed E-state index contributed by atoms with van der Waals surface area (Å²) in [5.41, 5.74) is 6.46. The molecule has 1 amide bonds. The molecule has 32 heavy (non-hydrogen) atoms. The van der Waals surface area contributed by atoms with Gasteiger partial charge in [0.05, 0.1) is 6.04 Å². The largest absolute Gasteiger partial charge is 0.507 e. The van der Waals surface area contributed by atoms with Crippen molar-refractivity contribution in [1.82, 2.24) is 15.1 Å². The maximum Gasteiger partial charge on any atom is 0.273 e. The lowest BCUT2D eigenvalue weighted by Crippen LogP contribution is -2.29. The van der Waals surface area contributed by atoms with Crippen LogP contribution in [0, 0.1) is 13.8 Å². The first-order valence-electron chi connectivity index (χ1n) is 10.4. The standard InChI is InChI=1S/C26H22BrN3O2/c1-15-11-16(2)21(20(31)12-15)23-22-24(29-28-23)26(32)30(14-17-7-4-3-5-8-17)25(22)18-9-6-10-19(27)13-18/h3-13,25,31H,14H2,1-2H3,(H,28,29). The molecular weight excluding hydrogens is 466 g/mol. The first-order valence-corrected chi connectivity index (χ1v) is 11.2. The Kier molecular flexibility index (Phi) is 5.10. The van der Waals surface area contributed by atoms with Crippen molar-refractivity contribution in [3.8, 4) is 17.0 Å². The number of hydrogen-bond acceptors (Lipinski definition) is 3. The van der Waals surface area contributed by atoms with Gasteiger partial charge in [0.2, 0.25) is 0 Å². The van der Waals surface area contributed by atoms with E-state index in [1.165, 1.54) is 0 Å². The normalized spacial score (nSPS) is 15.3. The number of H-pyrrole nitrogens is 1. The van der Waals surface area contributed by atoms with Gasteiger partial charge in [-0.25, -0.2) is 0 Å². The SMILES string of the molecule is Cc1cc(C)c(-c2n[nH]c3c2C(c2cccc(Br)c2)N(Cc2ccccc2)C3=O)c(O)c1. The summed E-state index contributed by atoms with van der Waals surface area (Å²) >= 11 is 3.57. The maximum atomic E-state index is 13.5. The van der Waals surface area contributed by atoms with E-state index in [2.05, 4.69) is 26.1 Å². The highest BCUT2D eigenvalue weighted by Gasteiger charge is 2.42. The molecule has 0 spiro atoms. The molecule has 0 fully saturated rings. The van der Waals surface area contributed by atoms with Gasteiger partial charge >= 0.3 is 0 Å². The number of rotatable bonds is 4. The van der Waals surface area contributed by atoms with Crippen molar-refractivity contribution in [3.63, 3.8) is 0 Å². The zero-order valence-electron chi connectivity index (χ0n) is 17.8. The Labute approximate surface area is 194 Å². The van der Waals surface area contributed by atoms with Gasteiger partial charge in [-0.1, -0.05) is 64.5 Å². The molecule has 3 aromatic carbocycles. The molecule has 0 radical (unpaired) electrons. The molecule has 1 atom stereocenters. The molecule has 0 aliphatic carbocycles. The third kappa shape index (κ3) is 3.41. The van der Waals surface area contributed by atoms with Crippen LogP contribution < -0.4 is 0 Å². The van der Waals surface area contributed by atoms with E-state index >= 15 is 0 Å². The highest BCUT2D eigenvalue weighted by atomic mass is 79.9. The molecule has 2 heterocycles.